The molecule has 0 spiro atoms. The van der Waals surface area contributed by atoms with Gasteiger partial charge in [0, 0.05) is 25.8 Å². The van der Waals surface area contributed by atoms with Crippen molar-refractivity contribution < 1.29 is 0 Å². The van der Waals surface area contributed by atoms with Crippen molar-refractivity contribution >= 4 is 38.9 Å². The Labute approximate surface area is 144 Å². The van der Waals surface area contributed by atoms with Crippen LogP contribution in [0.4, 0.5) is 0 Å². The first-order valence-electron chi connectivity index (χ1n) is 7.24. The van der Waals surface area contributed by atoms with E-state index >= 15 is 0 Å². The van der Waals surface area contributed by atoms with Crippen molar-refractivity contribution in [3.63, 3.8) is 0 Å². The molecule has 114 valence electrons. The van der Waals surface area contributed by atoms with E-state index in [-0.39, 0.29) is 0 Å². The summed E-state index contributed by atoms with van der Waals surface area (Å²) in [5.74, 6) is 0.554. The number of hydrogen-bond acceptors (Lipinski definition) is 2. The van der Waals surface area contributed by atoms with Gasteiger partial charge in [-0.05, 0) is 58.9 Å². The third-order valence-corrected chi connectivity index (χ3v) is 5.48. The third kappa shape index (κ3) is 5.74. The first-order valence-corrected chi connectivity index (χ1v) is 9.29. The molecule has 1 aromatic carbocycles. The van der Waals surface area contributed by atoms with E-state index in [1.54, 1.807) is 0 Å². The zero-order valence-electron chi connectivity index (χ0n) is 12.4. The fourth-order valence-electron chi connectivity index (χ4n) is 2.34. The van der Waals surface area contributed by atoms with Gasteiger partial charge in [-0.25, -0.2) is 0 Å². The molecule has 2 aromatic rings. The number of thiophene rings is 1. The molecule has 1 N–H and O–H groups in total. The summed E-state index contributed by atoms with van der Waals surface area (Å²) in [6, 6.07) is 10.9. The smallest absolute Gasteiger partial charge is 0.0438 e. The molecule has 0 radical (unpaired) electrons. The number of hydrogen-bond donors (Lipinski definition) is 1. The zero-order chi connectivity index (χ0) is 15.2. The number of benzene rings is 1. The van der Waals surface area contributed by atoms with Crippen molar-refractivity contribution in [2.75, 3.05) is 6.54 Å². The van der Waals surface area contributed by atoms with Crippen molar-refractivity contribution in [2.24, 2.45) is 5.92 Å². The van der Waals surface area contributed by atoms with Gasteiger partial charge in [0.15, 0.2) is 0 Å². The van der Waals surface area contributed by atoms with Crippen LogP contribution < -0.4 is 5.32 Å². The van der Waals surface area contributed by atoms with Gasteiger partial charge in [0.05, 0.1) is 0 Å². The van der Waals surface area contributed by atoms with Gasteiger partial charge in [0.2, 0.25) is 0 Å². The Morgan fingerprint density at radius 1 is 1.24 bits per heavy atom. The SMILES string of the molecule is CC(C)NCC(Cc1cc(Br)cs1)Cc1ccccc1Cl. The van der Waals surface area contributed by atoms with Crippen LogP contribution in [0.15, 0.2) is 40.2 Å². The van der Waals surface area contributed by atoms with Crippen molar-refractivity contribution in [1.82, 2.24) is 5.32 Å². The van der Waals surface area contributed by atoms with Crippen LogP contribution in [0, 0.1) is 5.92 Å². The number of rotatable bonds is 7. The molecule has 0 bridgehead atoms. The second-order valence-electron chi connectivity index (χ2n) is 5.66. The maximum atomic E-state index is 6.31. The lowest BCUT2D eigenvalue weighted by atomic mass is 9.95. The molecule has 1 aromatic heterocycles. The standard InChI is InChI=1S/C17H21BrClNS/c1-12(2)20-10-13(8-16-9-15(18)11-21-16)7-14-5-3-4-6-17(14)19/h3-6,9,11-13,20H,7-8,10H2,1-2H3. The average molecular weight is 387 g/mol. The Kier molecular flexibility index (Phi) is 6.74. The van der Waals surface area contributed by atoms with E-state index in [9.17, 15) is 0 Å². The maximum Gasteiger partial charge on any atom is 0.0438 e. The van der Waals surface area contributed by atoms with Gasteiger partial charge in [0.1, 0.15) is 0 Å². The van der Waals surface area contributed by atoms with E-state index in [0.29, 0.717) is 12.0 Å². The minimum Gasteiger partial charge on any atom is -0.314 e. The van der Waals surface area contributed by atoms with E-state index in [1.807, 2.05) is 23.5 Å². The molecule has 0 aliphatic heterocycles. The van der Waals surface area contributed by atoms with Gasteiger partial charge in [-0.1, -0.05) is 43.6 Å². The summed E-state index contributed by atoms with van der Waals surface area (Å²) in [6.07, 6.45) is 2.09. The highest BCUT2D eigenvalue weighted by Gasteiger charge is 2.14. The second kappa shape index (κ2) is 8.33. The lowest BCUT2D eigenvalue weighted by Gasteiger charge is -2.19. The molecule has 1 unspecified atom stereocenters. The summed E-state index contributed by atoms with van der Waals surface area (Å²) < 4.78 is 1.18. The molecule has 0 saturated heterocycles. The van der Waals surface area contributed by atoms with Crippen LogP contribution in [-0.2, 0) is 12.8 Å². The zero-order valence-corrected chi connectivity index (χ0v) is 15.6. The van der Waals surface area contributed by atoms with Crippen LogP contribution >= 0.6 is 38.9 Å². The molecule has 2 rings (SSSR count). The summed E-state index contributed by atoms with van der Waals surface area (Å²) in [7, 11) is 0. The fourth-order valence-corrected chi connectivity index (χ4v) is 4.12. The lowest BCUT2D eigenvalue weighted by molar-refractivity contribution is 0.446. The number of halogens is 2. The Hall–Kier alpha value is -0.350. The molecule has 0 aliphatic carbocycles. The lowest BCUT2D eigenvalue weighted by Crippen LogP contribution is -2.31. The predicted octanol–water partition coefficient (Wildman–Crippen LogP) is 5.56. The summed E-state index contributed by atoms with van der Waals surface area (Å²) in [5, 5.41) is 6.59. The predicted molar refractivity (Wildman–Crippen MR) is 97.5 cm³/mol. The van der Waals surface area contributed by atoms with Gasteiger partial charge in [-0.2, -0.15) is 0 Å². The van der Waals surface area contributed by atoms with E-state index in [1.165, 1.54) is 14.9 Å². The van der Waals surface area contributed by atoms with Crippen LogP contribution in [0.3, 0.4) is 0 Å². The molecule has 1 heterocycles. The summed E-state index contributed by atoms with van der Waals surface area (Å²) in [5.41, 5.74) is 1.24. The monoisotopic (exact) mass is 385 g/mol. The fraction of sp³-hybridized carbons (Fsp3) is 0.412. The summed E-state index contributed by atoms with van der Waals surface area (Å²) in [6.45, 7) is 5.39. The Morgan fingerprint density at radius 2 is 2.00 bits per heavy atom. The van der Waals surface area contributed by atoms with E-state index in [0.717, 1.165) is 24.4 Å². The van der Waals surface area contributed by atoms with Crippen LogP contribution in [0.5, 0.6) is 0 Å². The molecule has 4 heteroatoms. The van der Waals surface area contributed by atoms with Gasteiger partial charge >= 0.3 is 0 Å². The molecule has 21 heavy (non-hydrogen) atoms. The highest BCUT2D eigenvalue weighted by atomic mass is 79.9. The van der Waals surface area contributed by atoms with Crippen LogP contribution in [0.25, 0.3) is 0 Å². The van der Waals surface area contributed by atoms with Crippen LogP contribution in [-0.4, -0.2) is 12.6 Å². The van der Waals surface area contributed by atoms with Crippen molar-refractivity contribution in [1.29, 1.82) is 0 Å². The normalized spacial score (nSPS) is 12.8. The third-order valence-electron chi connectivity index (χ3n) is 3.39. The Bertz CT molecular complexity index is 567. The Morgan fingerprint density at radius 3 is 2.62 bits per heavy atom. The first kappa shape index (κ1) is 17.0. The van der Waals surface area contributed by atoms with Gasteiger partial charge in [-0.3, -0.25) is 0 Å². The summed E-state index contributed by atoms with van der Waals surface area (Å²) in [4.78, 5) is 1.42. The highest BCUT2D eigenvalue weighted by molar-refractivity contribution is 9.10. The molecule has 0 aliphatic rings. The summed E-state index contributed by atoms with van der Waals surface area (Å²) >= 11 is 11.7. The molecule has 1 nitrogen and oxygen atoms in total. The minimum absolute atomic E-state index is 0.508. The quantitative estimate of drug-likeness (QED) is 0.656. The van der Waals surface area contributed by atoms with Crippen LogP contribution in [0.1, 0.15) is 24.3 Å². The van der Waals surface area contributed by atoms with E-state index in [2.05, 4.69) is 58.7 Å². The largest absolute Gasteiger partial charge is 0.314 e. The van der Waals surface area contributed by atoms with Crippen LogP contribution in [0.2, 0.25) is 5.02 Å². The molecule has 0 amide bonds. The number of nitrogens with one attached hydrogen (secondary N) is 1. The maximum absolute atomic E-state index is 6.31. The molecule has 0 saturated carbocycles. The van der Waals surface area contributed by atoms with E-state index < -0.39 is 0 Å². The molecule has 1 atom stereocenters. The second-order valence-corrected chi connectivity index (χ2v) is 7.98. The van der Waals surface area contributed by atoms with Gasteiger partial charge < -0.3 is 5.32 Å². The first-order chi connectivity index (χ1) is 10.0. The average Bonchev–Trinajstić information content (AvgIpc) is 2.84. The van der Waals surface area contributed by atoms with Crippen molar-refractivity contribution in [3.05, 3.63) is 55.6 Å². The van der Waals surface area contributed by atoms with Crippen molar-refractivity contribution in [3.8, 4) is 0 Å². The van der Waals surface area contributed by atoms with E-state index in [4.69, 9.17) is 11.6 Å². The molecular weight excluding hydrogens is 366 g/mol. The molecule has 0 fully saturated rings. The van der Waals surface area contributed by atoms with Gasteiger partial charge in [0.25, 0.3) is 0 Å². The molecular formula is C17H21BrClNS. The van der Waals surface area contributed by atoms with Crippen molar-refractivity contribution in [2.45, 2.75) is 32.7 Å². The van der Waals surface area contributed by atoms with Gasteiger partial charge in [-0.15, -0.1) is 11.3 Å². The Balaban J connectivity index is 2.06. The topological polar surface area (TPSA) is 12.0 Å². The highest BCUT2D eigenvalue weighted by Crippen LogP contribution is 2.25. The minimum atomic E-state index is 0.508.